The van der Waals surface area contributed by atoms with Crippen molar-refractivity contribution in [3.05, 3.63) is 30.1 Å². The van der Waals surface area contributed by atoms with E-state index in [1.54, 1.807) is 12.4 Å². The number of aliphatic carboxylic acids is 1. The van der Waals surface area contributed by atoms with Crippen LogP contribution in [0.25, 0.3) is 0 Å². The lowest BCUT2D eigenvalue weighted by Crippen LogP contribution is -2.35. The number of hydrogen-bond acceptors (Lipinski definition) is 4. The topological polar surface area (TPSA) is 56.7 Å². The fourth-order valence-corrected chi connectivity index (χ4v) is 1.49. The Bertz CT molecular complexity index is 341. The molecule has 0 aliphatic carbocycles. The molecule has 5 nitrogen and oxygen atoms in total. The Morgan fingerprint density at radius 1 is 1.29 bits per heavy atom. The zero-order chi connectivity index (χ0) is 12.7. The van der Waals surface area contributed by atoms with E-state index in [1.165, 1.54) is 0 Å². The number of carboxylic acids is 1. The van der Waals surface area contributed by atoms with Gasteiger partial charge >= 0.3 is 5.97 Å². The molecule has 0 fully saturated rings. The van der Waals surface area contributed by atoms with Gasteiger partial charge in [-0.05, 0) is 31.8 Å². The van der Waals surface area contributed by atoms with Gasteiger partial charge in [0.25, 0.3) is 0 Å². The summed E-state index contributed by atoms with van der Waals surface area (Å²) >= 11 is 0. The molecular weight excluding hydrogens is 218 g/mol. The van der Waals surface area contributed by atoms with Crippen LogP contribution in [0.4, 0.5) is 0 Å². The summed E-state index contributed by atoms with van der Waals surface area (Å²) < 4.78 is 0. The number of likely N-dealkylation sites (N-methyl/N-ethyl adjacent to an activating group) is 1. The van der Waals surface area contributed by atoms with Crippen molar-refractivity contribution in [1.82, 2.24) is 14.8 Å². The lowest BCUT2D eigenvalue weighted by Gasteiger charge is -2.22. The second kappa shape index (κ2) is 6.98. The van der Waals surface area contributed by atoms with E-state index in [1.807, 2.05) is 36.0 Å². The van der Waals surface area contributed by atoms with Crippen LogP contribution in [0.1, 0.15) is 5.56 Å². The first-order chi connectivity index (χ1) is 8.08. The van der Waals surface area contributed by atoms with Gasteiger partial charge in [0.05, 0.1) is 6.54 Å². The van der Waals surface area contributed by atoms with E-state index < -0.39 is 5.97 Å². The minimum absolute atomic E-state index is 0.0656. The van der Waals surface area contributed by atoms with Crippen molar-refractivity contribution < 1.29 is 9.90 Å². The third-order valence-electron chi connectivity index (χ3n) is 2.38. The molecule has 1 rings (SSSR count). The molecule has 0 atom stereocenters. The average Bonchev–Trinajstić information content (AvgIpc) is 2.26. The van der Waals surface area contributed by atoms with Gasteiger partial charge in [-0.1, -0.05) is 0 Å². The van der Waals surface area contributed by atoms with Gasteiger partial charge in [-0.2, -0.15) is 0 Å². The quantitative estimate of drug-likeness (QED) is 0.749. The lowest BCUT2D eigenvalue weighted by molar-refractivity contribution is -0.138. The highest BCUT2D eigenvalue weighted by atomic mass is 16.4. The van der Waals surface area contributed by atoms with E-state index in [9.17, 15) is 4.79 Å². The smallest absolute Gasteiger partial charge is 0.317 e. The fraction of sp³-hybridized carbons (Fsp3) is 0.500. The standard InChI is InChI=1S/C12H19N3O2/c1-14(2)7-8-15(10-12(16)17)9-11-3-5-13-6-4-11/h3-6H,7-10H2,1-2H3,(H,16,17). The molecule has 0 unspecified atom stereocenters. The van der Waals surface area contributed by atoms with Crippen LogP contribution in [-0.2, 0) is 11.3 Å². The predicted molar refractivity (Wildman–Crippen MR) is 65.7 cm³/mol. The fourth-order valence-electron chi connectivity index (χ4n) is 1.49. The minimum Gasteiger partial charge on any atom is -0.480 e. The van der Waals surface area contributed by atoms with Crippen LogP contribution in [0.15, 0.2) is 24.5 Å². The number of carboxylic acid groups (broad SMARTS) is 1. The van der Waals surface area contributed by atoms with Crippen LogP contribution < -0.4 is 0 Å². The van der Waals surface area contributed by atoms with E-state index in [2.05, 4.69) is 4.98 Å². The van der Waals surface area contributed by atoms with Crippen molar-refractivity contribution in [3.63, 3.8) is 0 Å². The van der Waals surface area contributed by atoms with Crippen LogP contribution in [-0.4, -0.2) is 59.6 Å². The van der Waals surface area contributed by atoms with Gasteiger partial charge in [0, 0.05) is 32.0 Å². The first kappa shape index (κ1) is 13.6. The van der Waals surface area contributed by atoms with E-state index >= 15 is 0 Å². The van der Waals surface area contributed by atoms with Crippen LogP contribution >= 0.6 is 0 Å². The Balaban J connectivity index is 2.54. The molecule has 0 radical (unpaired) electrons. The van der Waals surface area contributed by atoms with Crippen molar-refractivity contribution in [2.24, 2.45) is 0 Å². The van der Waals surface area contributed by atoms with Gasteiger partial charge in [-0.15, -0.1) is 0 Å². The molecule has 0 aliphatic heterocycles. The summed E-state index contributed by atoms with van der Waals surface area (Å²) in [4.78, 5) is 18.7. The Hall–Kier alpha value is -1.46. The Labute approximate surface area is 102 Å². The van der Waals surface area contributed by atoms with E-state index in [0.717, 1.165) is 18.7 Å². The number of nitrogens with zero attached hydrogens (tertiary/aromatic N) is 3. The van der Waals surface area contributed by atoms with Crippen molar-refractivity contribution >= 4 is 5.97 Å². The maximum absolute atomic E-state index is 10.8. The largest absolute Gasteiger partial charge is 0.480 e. The number of carbonyl (C=O) groups is 1. The summed E-state index contributed by atoms with van der Waals surface area (Å²) in [6.45, 7) is 2.29. The van der Waals surface area contributed by atoms with E-state index in [-0.39, 0.29) is 6.54 Å². The zero-order valence-corrected chi connectivity index (χ0v) is 10.3. The summed E-state index contributed by atoms with van der Waals surface area (Å²) in [5.74, 6) is -0.794. The highest BCUT2D eigenvalue weighted by Crippen LogP contribution is 2.02. The summed E-state index contributed by atoms with van der Waals surface area (Å²) in [6.07, 6.45) is 3.44. The van der Waals surface area contributed by atoms with Gasteiger partial charge in [0.2, 0.25) is 0 Å². The third-order valence-corrected chi connectivity index (χ3v) is 2.38. The van der Waals surface area contributed by atoms with Crippen molar-refractivity contribution in [2.45, 2.75) is 6.54 Å². The molecule has 17 heavy (non-hydrogen) atoms. The van der Waals surface area contributed by atoms with E-state index in [0.29, 0.717) is 6.54 Å². The van der Waals surface area contributed by atoms with Crippen molar-refractivity contribution in [1.29, 1.82) is 0 Å². The minimum atomic E-state index is -0.794. The summed E-state index contributed by atoms with van der Waals surface area (Å²) in [5, 5.41) is 8.86. The second-order valence-electron chi connectivity index (χ2n) is 4.26. The van der Waals surface area contributed by atoms with Crippen LogP contribution in [0.3, 0.4) is 0 Å². The van der Waals surface area contributed by atoms with E-state index in [4.69, 9.17) is 5.11 Å². The van der Waals surface area contributed by atoms with Crippen LogP contribution in [0.2, 0.25) is 0 Å². The normalized spacial score (nSPS) is 11.1. The molecule has 94 valence electrons. The van der Waals surface area contributed by atoms with Crippen molar-refractivity contribution in [2.75, 3.05) is 33.7 Å². The maximum atomic E-state index is 10.8. The van der Waals surface area contributed by atoms with Gasteiger partial charge in [0.15, 0.2) is 0 Å². The predicted octanol–water partition coefficient (Wildman–Crippen LogP) is 0.530. The van der Waals surface area contributed by atoms with Crippen molar-refractivity contribution in [3.8, 4) is 0 Å². The molecule has 0 aromatic carbocycles. The molecule has 0 amide bonds. The first-order valence-electron chi connectivity index (χ1n) is 5.55. The number of hydrogen-bond donors (Lipinski definition) is 1. The number of rotatable bonds is 7. The first-order valence-corrected chi connectivity index (χ1v) is 5.55. The summed E-state index contributed by atoms with van der Waals surface area (Å²) in [5.41, 5.74) is 1.08. The maximum Gasteiger partial charge on any atom is 0.317 e. The Kier molecular flexibility index (Phi) is 5.59. The zero-order valence-electron chi connectivity index (χ0n) is 10.3. The highest BCUT2D eigenvalue weighted by molar-refractivity contribution is 5.69. The molecule has 0 aliphatic rings. The molecule has 1 aromatic heterocycles. The Morgan fingerprint density at radius 2 is 1.94 bits per heavy atom. The van der Waals surface area contributed by atoms with Gasteiger partial charge in [0.1, 0.15) is 0 Å². The monoisotopic (exact) mass is 237 g/mol. The Morgan fingerprint density at radius 3 is 2.47 bits per heavy atom. The van der Waals surface area contributed by atoms with Gasteiger partial charge in [-0.3, -0.25) is 14.7 Å². The molecule has 1 heterocycles. The molecule has 0 bridgehead atoms. The number of aromatic nitrogens is 1. The molecule has 5 heteroatoms. The summed E-state index contributed by atoms with van der Waals surface area (Å²) in [7, 11) is 3.96. The SMILES string of the molecule is CN(C)CCN(CC(=O)O)Cc1ccncc1. The highest BCUT2D eigenvalue weighted by Gasteiger charge is 2.10. The van der Waals surface area contributed by atoms with Crippen LogP contribution in [0.5, 0.6) is 0 Å². The molecule has 0 spiro atoms. The second-order valence-corrected chi connectivity index (χ2v) is 4.26. The molecule has 0 saturated carbocycles. The van der Waals surface area contributed by atoms with Gasteiger partial charge < -0.3 is 10.0 Å². The summed E-state index contributed by atoms with van der Waals surface area (Å²) in [6, 6.07) is 3.81. The molecular formula is C12H19N3O2. The molecule has 1 aromatic rings. The number of pyridine rings is 1. The molecule has 1 N–H and O–H groups in total. The van der Waals surface area contributed by atoms with Gasteiger partial charge in [-0.25, -0.2) is 0 Å². The molecule has 0 saturated heterocycles. The van der Waals surface area contributed by atoms with Crippen LogP contribution in [0, 0.1) is 0 Å². The third kappa shape index (κ3) is 5.99. The average molecular weight is 237 g/mol. The lowest BCUT2D eigenvalue weighted by atomic mass is 10.2.